The summed E-state index contributed by atoms with van der Waals surface area (Å²) in [7, 11) is 0. The Morgan fingerprint density at radius 3 is 2.57 bits per heavy atom. The zero-order valence-electron chi connectivity index (χ0n) is 8.66. The maximum atomic E-state index is 10.9. The van der Waals surface area contributed by atoms with E-state index in [4.69, 9.17) is 5.11 Å². The Labute approximate surface area is 83.5 Å². The van der Waals surface area contributed by atoms with E-state index < -0.39 is 0 Å². The lowest BCUT2D eigenvalue weighted by Crippen LogP contribution is -2.08. The maximum absolute atomic E-state index is 10.9. The number of carbonyl (C=O) groups excluding carboxylic acids is 1. The Morgan fingerprint density at radius 1 is 1.43 bits per heavy atom. The first kappa shape index (κ1) is 10.9. The van der Waals surface area contributed by atoms with Crippen molar-refractivity contribution in [1.82, 2.24) is 9.78 Å². The maximum Gasteiger partial charge on any atom is 0.153 e. The van der Waals surface area contributed by atoms with Crippen LogP contribution < -0.4 is 0 Å². The average molecular weight is 196 g/mol. The van der Waals surface area contributed by atoms with Crippen LogP contribution in [0.5, 0.6) is 0 Å². The standard InChI is InChI=1S/C10H16N2O2/c1-3-9-8(7-14)10(4-2)12(11-9)5-6-13/h7,13H,3-6H2,1-2H3. The molecule has 0 atom stereocenters. The molecule has 0 aromatic carbocycles. The monoisotopic (exact) mass is 196 g/mol. The van der Waals surface area contributed by atoms with Gasteiger partial charge < -0.3 is 5.11 Å². The average Bonchev–Trinajstić information content (AvgIpc) is 2.55. The van der Waals surface area contributed by atoms with Crippen LogP contribution in [0.15, 0.2) is 0 Å². The summed E-state index contributed by atoms with van der Waals surface area (Å²) in [4.78, 5) is 10.9. The number of hydrogen-bond acceptors (Lipinski definition) is 3. The molecule has 0 fully saturated rings. The highest BCUT2D eigenvalue weighted by Gasteiger charge is 2.13. The van der Waals surface area contributed by atoms with Gasteiger partial charge in [-0.1, -0.05) is 13.8 Å². The highest BCUT2D eigenvalue weighted by molar-refractivity contribution is 5.78. The molecule has 0 aliphatic heterocycles. The minimum atomic E-state index is 0.0517. The number of aryl methyl sites for hydroxylation is 1. The van der Waals surface area contributed by atoms with Crippen LogP contribution in [-0.4, -0.2) is 27.8 Å². The fraction of sp³-hybridized carbons (Fsp3) is 0.600. The normalized spacial score (nSPS) is 10.5. The molecule has 1 heterocycles. The molecule has 0 spiro atoms. The smallest absolute Gasteiger partial charge is 0.153 e. The van der Waals surface area contributed by atoms with Gasteiger partial charge in [-0.3, -0.25) is 9.48 Å². The van der Waals surface area contributed by atoms with Crippen molar-refractivity contribution in [1.29, 1.82) is 0 Å². The van der Waals surface area contributed by atoms with Crippen LogP contribution in [0.25, 0.3) is 0 Å². The van der Waals surface area contributed by atoms with Gasteiger partial charge in [-0.05, 0) is 12.8 Å². The van der Waals surface area contributed by atoms with Crippen molar-refractivity contribution in [3.05, 3.63) is 17.0 Å². The van der Waals surface area contributed by atoms with Crippen LogP contribution in [0.4, 0.5) is 0 Å². The number of aliphatic hydroxyl groups is 1. The highest BCUT2D eigenvalue weighted by Crippen LogP contribution is 2.13. The molecule has 1 rings (SSSR count). The number of carbonyl (C=O) groups is 1. The quantitative estimate of drug-likeness (QED) is 0.709. The molecular formula is C10H16N2O2. The van der Waals surface area contributed by atoms with E-state index in [1.807, 2.05) is 13.8 Å². The first-order chi connectivity index (χ1) is 6.78. The molecule has 4 heteroatoms. The zero-order chi connectivity index (χ0) is 10.6. The fourth-order valence-electron chi connectivity index (χ4n) is 1.62. The van der Waals surface area contributed by atoms with Gasteiger partial charge >= 0.3 is 0 Å². The number of aliphatic hydroxyl groups excluding tert-OH is 1. The second-order valence-corrected chi connectivity index (χ2v) is 3.08. The predicted molar refractivity (Wildman–Crippen MR) is 53.5 cm³/mol. The summed E-state index contributed by atoms with van der Waals surface area (Å²) in [5.74, 6) is 0. The van der Waals surface area contributed by atoms with Crippen molar-refractivity contribution in [2.75, 3.05) is 6.61 Å². The van der Waals surface area contributed by atoms with E-state index in [9.17, 15) is 4.79 Å². The van der Waals surface area contributed by atoms with Gasteiger partial charge in [0.05, 0.1) is 24.4 Å². The minimum Gasteiger partial charge on any atom is -0.394 e. The second-order valence-electron chi connectivity index (χ2n) is 3.08. The molecule has 0 unspecified atom stereocenters. The Kier molecular flexibility index (Phi) is 3.83. The summed E-state index contributed by atoms with van der Waals surface area (Å²) in [6.45, 7) is 4.47. The molecule has 1 N–H and O–H groups in total. The van der Waals surface area contributed by atoms with E-state index in [0.717, 1.165) is 30.5 Å². The van der Waals surface area contributed by atoms with Crippen molar-refractivity contribution < 1.29 is 9.90 Å². The van der Waals surface area contributed by atoms with Gasteiger partial charge in [-0.15, -0.1) is 0 Å². The second kappa shape index (κ2) is 4.91. The SMILES string of the molecule is CCc1nn(CCO)c(CC)c1C=O. The Balaban J connectivity index is 3.16. The first-order valence-electron chi connectivity index (χ1n) is 4.93. The van der Waals surface area contributed by atoms with Crippen LogP contribution in [-0.2, 0) is 19.4 Å². The van der Waals surface area contributed by atoms with Gasteiger partial charge in [0.1, 0.15) is 0 Å². The molecular weight excluding hydrogens is 180 g/mol. The molecule has 0 aliphatic carbocycles. The lowest BCUT2D eigenvalue weighted by atomic mass is 10.1. The van der Waals surface area contributed by atoms with Crippen LogP contribution in [0.1, 0.15) is 35.6 Å². The Hall–Kier alpha value is -1.16. The largest absolute Gasteiger partial charge is 0.394 e. The van der Waals surface area contributed by atoms with Gasteiger partial charge in [0.2, 0.25) is 0 Å². The van der Waals surface area contributed by atoms with Crippen molar-refractivity contribution >= 4 is 6.29 Å². The lowest BCUT2D eigenvalue weighted by Gasteiger charge is -2.02. The van der Waals surface area contributed by atoms with Crippen LogP contribution in [0.3, 0.4) is 0 Å². The summed E-state index contributed by atoms with van der Waals surface area (Å²) in [5.41, 5.74) is 2.44. The molecule has 0 aliphatic rings. The van der Waals surface area contributed by atoms with E-state index >= 15 is 0 Å². The molecule has 0 radical (unpaired) electrons. The van der Waals surface area contributed by atoms with Gasteiger partial charge in [-0.2, -0.15) is 5.10 Å². The molecule has 0 saturated carbocycles. The number of nitrogens with zero attached hydrogens (tertiary/aromatic N) is 2. The third kappa shape index (κ3) is 1.85. The minimum absolute atomic E-state index is 0.0517. The summed E-state index contributed by atoms with van der Waals surface area (Å²) in [5, 5.41) is 13.1. The summed E-state index contributed by atoms with van der Waals surface area (Å²) in [6.07, 6.45) is 2.37. The van der Waals surface area contributed by atoms with Crippen molar-refractivity contribution in [2.45, 2.75) is 33.2 Å². The highest BCUT2D eigenvalue weighted by atomic mass is 16.3. The summed E-state index contributed by atoms with van der Waals surface area (Å²) < 4.78 is 1.72. The topological polar surface area (TPSA) is 55.1 Å². The van der Waals surface area contributed by atoms with E-state index in [0.29, 0.717) is 12.1 Å². The number of aldehydes is 1. The van der Waals surface area contributed by atoms with Gasteiger partial charge in [0.25, 0.3) is 0 Å². The number of rotatable bonds is 5. The third-order valence-electron chi connectivity index (χ3n) is 2.27. The third-order valence-corrected chi connectivity index (χ3v) is 2.27. The van der Waals surface area contributed by atoms with Gasteiger partial charge in [0, 0.05) is 5.69 Å². The first-order valence-corrected chi connectivity index (χ1v) is 4.93. The van der Waals surface area contributed by atoms with E-state index in [1.165, 1.54) is 0 Å². The van der Waals surface area contributed by atoms with E-state index in [1.54, 1.807) is 4.68 Å². The predicted octanol–water partition coefficient (Wildman–Crippen LogP) is 0.813. The fourth-order valence-corrected chi connectivity index (χ4v) is 1.62. The van der Waals surface area contributed by atoms with Gasteiger partial charge in [-0.25, -0.2) is 0 Å². The van der Waals surface area contributed by atoms with Crippen LogP contribution >= 0.6 is 0 Å². The molecule has 78 valence electrons. The Morgan fingerprint density at radius 2 is 2.14 bits per heavy atom. The molecule has 0 saturated heterocycles. The van der Waals surface area contributed by atoms with E-state index in [-0.39, 0.29) is 6.61 Å². The molecule has 14 heavy (non-hydrogen) atoms. The van der Waals surface area contributed by atoms with E-state index in [2.05, 4.69) is 5.10 Å². The van der Waals surface area contributed by atoms with Crippen LogP contribution in [0, 0.1) is 0 Å². The van der Waals surface area contributed by atoms with Crippen molar-refractivity contribution in [2.24, 2.45) is 0 Å². The lowest BCUT2D eigenvalue weighted by molar-refractivity contribution is 0.112. The number of hydrogen-bond donors (Lipinski definition) is 1. The van der Waals surface area contributed by atoms with Crippen molar-refractivity contribution in [3.63, 3.8) is 0 Å². The molecule has 0 amide bonds. The molecule has 0 bridgehead atoms. The van der Waals surface area contributed by atoms with Crippen LogP contribution in [0.2, 0.25) is 0 Å². The summed E-state index contributed by atoms with van der Waals surface area (Å²) in [6, 6.07) is 0. The Bertz CT molecular complexity index is 318. The number of aromatic nitrogens is 2. The van der Waals surface area contributed by atoms with Gasteiger partial charge in [0.15, 0.2) is 6.29 Å². The molecule has 1 aromatic heterocycles. The zero-order valence-corrected chi connectivity index (χ0v) is 8.66. The van der Waals surface area contributed by atoms with Crippen molar-refractivity contribution in [3.8, 4) is 0 Å². The molecule has 4 nitrogen and oxygen atoms in total. The molecule has 1 aromatic rings. The summed E-state index contributed by atoms with van der Waals surface area (Å²) >= 11 is 0.